The Balaban J connectivity index is 1.76. The maximum atomic E-state index is 6.03. The number of rotatable bonds is 5. The van der Waals surface area contributed by atoms with E-state index in [4.69, 9.17) is 11.6 Å². The molecule has 0 fully saturated rings. The number of thiophene rings is 1. The lowest BCUT2D eigenvalue weighted by molar-refractivity contribution is 0.690. The Morgan fingerprint density at radius 1 is 1.29 bits per heavy atom. The van der Waals surface area contributed by atoms with E-state index in [9.17, 15) is 0 Å². The van der Waals surface area contributed by atoms with Gasteiger partial charge >= 0.3 is 0 Å². The minimum Gasteiger partial charge on any atom is -0.312 e. The standard InChI is InChI=1S/C13H13BrClNS/c14-12-4-3-10(8-13(12)15)9-16-6-5-11-2-1-7-17-11/h1-4,7-8,16H,5-6,9H2. The van der Waals surface area contributed by atoms with E-state index >= 15 is 0 Å². The average Bonchev–Trinajstić information content (AvgIpc) is 2.82. The van der Waals surface area contributed by atoms with E-state index in [0.29, 0.717) is 0 Å². The van der Waals surface area contributed by atoms with Crippen LogP contribution in [-0.2, 0) is 13.0 Å². The normalized spacial score (nSPS) is 10.7. The summed E-state index contributed by atoms with van der Waals surface area (Å²) in [6, 6.07) is 10.3. The molecule has 0 aliphatic carbocycles. The quantitative estimate of drug-likeness (QED) is 0.796. The van der Waals surface area contributed by atoms with Crippen molar-refractivity contribution in [2.24, 2.45) is 0 Å². The Labute approximate surface area is 119 Å². The summed E-state index contributed by atoms with van der Waals surface area (Å²) in [5, 5.41) is 6.30. The first kappa shape index (κ1) is 13.1. The van der Waals surface area contributed by atoms with Crippen LogP contribution in [-0.4, -0.2) is 6.54 Å². The Hall–Kier alpha value is -0.350. The fourth-order valence-electron chi connectivity index (χ4n) is 1.55. The molecular formula is C13H13BrClNS. The average molecular weight is 331 g/mol. The van der Waals surface area contributed by atoms with Crippen molar-refractivity contribution in [1.82, 2.24) is 5.32 Å². The van der Waals surface area contributed by atoms with Gasteiger partial charge in [0.15, 0.2) is 0 Å². The molecule has 1 aromatic carbocycles. The molecule has 0 aliphatic heterocycles. The zero-order chi connectivity index (χ0) is 12.1. The van der Waals surface area contributed by atoms with Crippen LogP contribution in [0.25, 0.3) is 0 Å². The van der Waals surface area contributed by atoms with Gasteiger partial charge in [-0.1, -0.05) is 23.7 Å². The Morgan fingerprint density at radius 3 is 2.88 bits per heavy atom. The van der Waals surface area contributed by atoms with Gasteiger partial charge in [0.25, 0.3) is 0 Å². The van der Waals surface area contributed by atoms with Crippen LogP contribution < -0.4 is 5.32 Å². The fourth-order valence-corrected chi connectivity index (χ4v) is 2.71. The van der Waals surface area contributed by atoms with Crippen LogP contribution in [0.3, 0.4) is 0 Å². The molecule has 0 atom stereocenters. The summed E-state index contributed by atoms with van der Waals surface area (Å²) in [7, 11) is 0. The molecular weight excluding hydrogens is 318 g/mol. The molecule has 0 radical (unpaired) electrons. The summed E-state index contributed by atoms with van der Waals surface area (Å²) in [4.78, 5) is 1.42. The number of nitrogens with one attached hydrogen (secondary N) is 1. The second kappa shape index (κ2) is 6.55. The van der Waals surface area contributed by atoms with E-state index in [1.807, 2.05) is 12.1 Å². The van der Waals surface area contributed by atoms with Crippen LogP contribution in [0, 0.1) is 0 Å². The molecule has 0 aliphatic rings. The lowest BCUT2D eigenvalue weighted by Gasteiger charge is -2.05. The van der Waals surface area contributed by atoms with Gasteiger partial charge in [-0.3, -0.25) is 0 Å². The van der Waals surface area contributed by atoms with Gasteiger partial charge in [-0.05, 0) is 51.5 Å². The molecule has 0 spiro atoms. The number of halogens is 2. The lowest BCUT2D eigenvalue weighted by Crippen LogP contribution is -2.16. The van der Waals surface area contributed by atoms with Gasteiger partial charge < -0.3 is 5.32 Å². The Bertz CT molecular complexity index is 470. The molecule has 90 valence electrons. The zero-order valence-corrected chi connectivity index (χ0v) is 12.4. The largest absolute Gasteiger partial charge is 0.312 e. The zero-order valence-electron chi connectivity index (χ0n) is 9.25. The first-order chi connectivity index (χ1) is 8.25. The topological polar surface area (TPSA) is 12.0 Å². The molecule has 0 bridgehead atoms. The molecule has 0 saturated heterocycles. The third-order valence-electron chi connectivity index (χ3n) is 2.44. The van der Waals surface area contributed by atoms with Crippen molar-refractivity contribution in [2.75, 3.05) is 6.54 Å². The SMILES string of the molecule is Clc1cc(CNCCc2cccs2)ccc1Br. The van der Waals surface area contributed by atoms with Crippen molar-refractivity contribution in [1.29, 1.82) is 0 Å². The molecule has 1 heterocycles. The molecule has 2 aromatic rings. The molecule has 1 nitrogen and oxygen atoms in total. The summed E-state index contributed by atoms with van der Waals surface area (Å²) >= 11 is 11.2. The molecule has 17 heavy (non-hydrogen) atoms. The van der Waals surface area contributed by atoms with E-state index in [1.165, 1.54) is 10.4 Å². The van der Waals surface area contributed by atoms with Gasteiger partial charge in [0, 0.05) is 22.4 Å². The minimum absolute atomic E-state index is 0.766. The summed E-state index contributed by atoms with van der Waals surface area (Å²) in [6.07, 6.45) is 1.09. The van der Waals surface area contributed by atoms with Crippen molar-refractivity contribution in [3.05, 3.63) is 55.6 Å². The Morgan fingerprint density at radius 2 is 2.18 bits per heavy atom. The highest BCUT2D eigenvalue weighted by Crippen LogP contribution is 2.23. The highest BCUT2D eigenvalue weighted by Gasteiger charge is 1.99. The van der Waals surface area contributed by atoms with E-state index in [-0.39, 0.29) is 0 Å². The summed E-state index contributed by atoms with van der Waals surface area (Å²) in [5.41, 5.74) is 1.21. The van der Waals surface area contributed by atoms with Gasteiger partial charge in [0.2, 0.25) is 0 Å². The van der Waals surface area contributed by atoms with Crippen LogP contribution in [0.4, 0.5) is 0 Å². The van der Waals surface area contributed by atoms with E-state index in [2.05, 4.69) is 44.8 Å². The molecule has 0 saturated carbocycles. The van der Waals surface area contributed by atoms with Gasteiger partial charge in [-0.25, -0.2) is 0 Å². The second-order valence-corrected chi connectivity index (χ2v) is 6.05. The smallest absolute Gasteiger partial charge is 0.0551 e. The van der Waals surface area contributed by atoms with Crippen LogP contribution in [0.5, 0.6) is 0 Å². The molecule has 2 rings (SSSR count). The van der Waals surface area contributed by atoms with Gasteiger partial charge in [0.1, 0.15) is 0 Å². The molecule has 1 aromatic heterocycles. The lowest BCUT2D eigenvalue weighted by atomic mass is 10.2. The first-order valence-electron chi connectivity index (χ1n) is 5.43. The number of benzene rings is 1. The summed E-state index contributed by atoms with van der Waals surface area (Å²) in [5.74, 6) is 0. The van der Waals surface area contributed by atoms with Crippen molar-refractivity contribution < 1.29 is 0 Å². The van der Waals surface area contributed by atoms with Crippen molar-refractivity contribution in [2.45, 2.75) is 13.0 Å². The molecule has 1 N–H and O–H groups in total. The van der Waals surface area contributed by atoms with Crippen LogP contribution in [0.1, 0.15) is 10.4 Å². The van der Waals surface area contributed by atoms with Gasteiger partial charge in [-0.2, -0.15) is 0 Å². The Kier molecular flexibility index (Phi) is 5.04. The third-order valence-corrected chi connectivity index (χ3v) is 4.61. The van der Waals surface area contributed by atoms with E-state index < -0.39 is 0 Å². The maximum Gasteiger partial charge on any atom is 0.0551 e. The highest BCUT2D eigenvalue weighted by molar-refractivity contribution is 9.10. The number of hydrogen-bond acceptors (Lipinski definition) is 2. The second-order valence-electron chi connectivity index (χ2n) is 3.75. The van der Waals surface area contributed by atoms with Gasteiger partial charge in [-0.15, -0.1) is 11.3 Å². The fraction of sp³-hybridized carbons (Fsp3) is 0.231. The first-order valence-corrected chi connectivity index (χ1v) is 7.48. The molecule has 4 heteroatoms. The molecule has 0 amide bonds. The third kappa shape index (κ3) is 4.11. The maximum absolute atomic E-state index is 6.03. The van der Waals surface area contributed by atoms with Crippen molar-refractivity contribution in [3.63, 3.8) is 0 Å². The monoisotopic (exact) mass is 329 g/mol. The summed E-state index contributed by atoms with van der Waals surface area (Å²) in [6.45, 7) is 1.85. The highest BCUT2D eigenvalue weighted by atomic mass is 79.9. The predicted octanol–water partition coefficient (Wildman–Crippen LogP) is 4.50. The van der Waals surface area contributed by atoms with Crippen molar-refractivity contribution >= 4 is 38.9 Å². The molecule has 0 unspecified atom stereocenters. The van der Waals surface area contributed by atoms with Crippen molar-refractivity contribution in [3.8, 4) is 0 Å². The number of hydrogen-bond donors (Lipinski definition) is 1. The van der Waals surface area contributed by atoms with Gasteiger partial charge in [0.05, 0.1) is 5.02 Å². The van der Waals surface area contributed by atoms with E-state index in [1.54, 1.807) is 11.3 Å². The minimum atomic E-state index is 0.766. The van der Waals surface area contributed by atoms with Crippen LogP contribution >= 0.6 is 38.9 Å². The van der Waals surface area contributed by atoms with E-state index in [0.717, 1.165) is 29.0 Å². The summed E-state index contributed by atoms with van der Waals surface area (Å²) < 4.78 is 0.946. The van der Waals surface area contributed by atoms with Crippen LogP contribution in [0.15, 0.2) is 40.2 Å². The van der Waals surface area contributed by atoms with Crippen LogP contribution in [0.2, 0.25) is 5.02 Å². The predicted molar refractivity (Wildman–Crippen MR) is 78.9 cm³/mol.